The lowest BCUT2D eigenvalue weighted by Gasteiger charge is -2.16. The van der Waals surface area contributed by atoms with Gasteiger partial charge in [0.05, 0.1) is 23.8 Å². The number of H-pyrrole nitrogens is 2. The van der Waals surface area contributed by atoms with Gasteiger partial charge in [0.15, 0.2) is 5.65 Å². The largest absolute Gasteiger partial charge is 0.338 e. The van der Waals surface area contributed by atoms with Crippen LogP contribution in [0, 0.1) is 0 Å². The standard InChI is InChI=1S/C15H19N7.ClH/c1-22(15-16-7-10-8-17-21-14(10)18-15)9-13-11-5-3-2-4-6-12(11)19-20-13;/h7-8H,2-6,9H2,1H3,(H,19,20)(H,16,17,18,21);1H. The van der Waals surface area contributed by atoms with Crippen LogP contribution < -0.4 is 4.90 Å². The quantitative estimate of drug-likeness (QED) is 0.719. The minimum absolute atomic E-state index is 0. The third kappa shape index (κ3) is 3.01. The molecule has 0 saturated carbocycles. The monoisotopic (exact) mass is 333 g/mol. The van der Waals surface area contributed by atoms with Crippen molar-refractivity contribution >= 4 is 29.4 Å². The van der Waals surface area contributed by atoms with Gasteiger partial charge in [0.25, 0.3) is 0 Å². The molecule has 0 aromatic carbocycles. The van der Waals surface area contributed by atoms with E-state index in [1.807, 2.05) is 11.9 Å². The van der Waals surface area contributed by atoms with Crippen LogP contribution in [-0.4, -0.2) is 37.4 Å². The maximum absolute atomic E-state index is 4.51. The molecule has 1 aliphatic rings. The predicted molar refractivity (Wildman–Crippen MR) is 90.9 cm³/mol. The van der Waals surface area contributed by atoms with Crippen molar-refractivity contribution in [1.82, 2.24) is 30.4 Å². The van der Waals surface area contributed by atoms with Crippen LogP contribution in [0.15, 0.2) is 12.4 Å². The molecule has 0 aliphatic heterocycles. The summed E-state index contributed by atoms with van der Waals surface area (Å²) in [7, 11) is 2.00. The van der Waals surface area contributed by atoms with E-state index in [0.717, 1.165) is 29.6 Å². The second-order valence-electron chi connectivity index (χ2n) is 5.89. The summed E-state index contributed by atoms with van der Waals surface area (Å²) >= 11 is 0. The van der Waals surface area contributed by atoms with Crippen molar-refractivity contribution < 1.29 is 0 Å². The molecular formula is C15H20ClN7. The van der Waals surface area contributed by atoms with Gasteiger partial charge in [-0.25, -0.2) is 4.98 Å². The van der Waals surface area contributed by atoms with Crippen molar-refractivity contribution in [2.45, 2.75) is 38.6 Å². The van der Waals surface area contributed by atoms with Crippen molar-refractivity contribution in [2.75, 3.05) is 11.9 Å². The van der Waals surface area contributed by atoms with E-state index in [4.69, 9.17) is 0 Å². The van der Waals surface area contributed by atoms with Gasteiger partial charge in [-0.1, -0.05) is 6.42 Å². The first kappa shape index (κ1) is 15.7. The Balaban J connectivity index is 0.00000156. The van der Waals surface area contributed by atoms with Crippen LogP contribution in [0.2, 0.25) is 0 Å². The van der Waals surface area contributed by atoms with Crippen molar-refractivity contribution in [3.63, 3.8) is 0 Å². The summed E-state index contributed by atoms with van der Waals surface area (Å²) in [4.78, 5) is 10.9. The maximum atomic E-state index is 4.51. The Labute approximate surface area is 140 Å². The molecule has 3 aromatic heterocycles. The number of anilines is 1. The number of rotatable bonds is 3. The molecule has 0 spiro atoms. The highest BCUT2D eigenvalue weighted by Gasteiger charge is 2.17. The van der Waals surface area contributed by atoms with E-state index in [0.29, 0.717) is 12.5 Å². The van der Waals surface area contributed by atoms with Crippen LogP contribution in [0.1, 0.15) is 36.2 Å². The third-order valence-corrected chi connectivity index (χ3v) is 4.30. The number of fused-ring (bicyclic) bond motifs is 2. The van der Waals surface area contributed by atoms with E-state index in [1.165, 1.54) is 30.5 Å². The van der Waals surface area contributed by atoms with Gasteiger partial charge in [-0.05, 0) is 31.2 Å². The van der Waals surface area contributed by atoms with Gasteiger partial charge >= 0.3 is 0 Å². The first-order chi connectivity index (χ1) is 10.8. The Morgan fingerprint density at radius 2 is 2.00 bits per heavy atom. The average molecular weight is 334 g/mol. The second kappa shape index (κ2) is 6.54. The summed E-state index contributed by atoms with van der Waals surface area (Å²) in [5.41, 5.74) is 4.59. The fraction of sp³-hybridized carbons (Fsp3) is 0.467. The third-order valence-electron chi connectivity index (χ3n) is 4.30. The zero-order valence-electron chi connectivity index (χ0n) is 13.0. The Bertz CT molecular complexity index is 794. The van der Waals surface area contributed by atoms with E-state index < -0.39 is 0 Å². The molecule has 1 aliphatic carbocycles. The molecule has 7 nitrogen and oxygen atoms in total. The topological polar surface area (TPSA) is 86.4 Å². The molecule has 3 heterocycles. The lowest BCUT2D eigenvalue weighted by molar-refractivity contribution is 0.696. The molecule has 0 amide bonds. The van der Waals surface area contributed by atoms with Crippen LogP contribution in [0.3, 0.4) is 0 Å². The fourth-order valence-electron chi connectivity index (χ4n) is 3.07. The molecule has 3 aromatic rings. The second-order valence-corrected chi connectivity index (χ2v) is 5.89. The van der Waals surface area contributed by atoms with E-state index in [-0.39, 0.29) is 12.4 Å². The van der Waals surface area contributed by atoms with Gasteiger partial charge in [0.2, 0.25) is 5.95 Å². The summed E-state index contributed by atoms with van der Waals surface area (Å²) in [6, 6.07) is 0. The highest BCUT2D eigenvalue weighted by atomic mass is 35.5. The molecule has 4 rings (SSSR count). The minimum Gasteiger partial charge on any atom is -0.338 e. The first-order valence-corrected chi connectivity index (χ1v) is 7.73. The van der Waals surface area contributed by atoms with Gasteiger partial charge in [-0.15, -0.1) is 12.4 Å². The van der Waals surface area contributed by atoms with E-state index in [1.54, 1.807) is 12.4 Å². The number of hydrogen-bond acceptors (Lipinski definition) is 5. The summed E-state index contributed by atoms with van der Waals surface area (Å²) in [5.74, 6) is 0.683. The van der Waals surface area contributed by atoms with Gasteiger partial charge in [-0.2, -0.15) is 15.2 Å². The molecule has 0 bridgehead atoms. The number of hydrogen-bond donors (Lipinski definition) is 2. The number of nitrogens with zero attached hydrogens (tertiary/aromatic N) is 5. The van der Waals surface area contributed by atoms with Gasteiger partial charge in [0.1, 0.15) is 0 Å². The number of aromatic nitrogens is 6. The van der Waals surface area contributed by atoms with Crippen molar-refractivity contribution in [1.29, 1.82) is 0 Å². The number of aromatic amines is 2. The highest BCUT2D eigenvalue weighted by Crippen LogP contribution is 2.23. The maximum Gasteiger partial charge on any atom is 0.227 e. The molecule has 122 valence electrons. The van der Waals surface area contributed by atoms with Crippen molar-refractivity contribution in [3.05, 3.63) is 29.3 Å². The minimum atomic E-state index is 0. The smallest absolute Gasteiger partial charge is 0.227 e. The molecule has 23 heavy (non-hydrogen) atoms. The van der Waals surface area contributed by atoms with Crippen molar-refractivity contribution in [3.8, 4) is 0 Å². The van der Waals surface area contributed by atoms with Gasteiger partial charge in [-0.3, -0.25) is 10.2 Å². The van der Waals surface area contributed by atoms with Crippen LogP contribution in [-0.2, 0) is 19.4 Å². The Morgan fingerprint density at radius 1 is 1.13 bits per heavy atom. The number of aryl methyl sites for hydroxylation is 1. The summed E-state index contributed by atoms with van der Waals surface area (Å²) in [5, 5.41) is 15.5. The molecule has 0 saturated heterocycles. The van der Waals surface area contributed by atoms with Crippen LogP contribution in [0.25, 0.3) is 11.0 Å². The first-order valence-electron chi connectivity index (χ1n) is 7.73. The fourth-order valence-corrected chi connectivity index (χ4v) is 3.07. The van der Waals surface area contributed by atoms with Crippen LogP contribution in [0.5, 0.6) is 0 Å². The molecule has 8 heteroatoms. The van der Waals surface area contributed by atoms with Gasteiger partial charge in [0, 0.05) is 18.9 Å². The Hall–Kier alpha value is -2.15. The van der Waals surface area contributed by atoms with E-state index >= 15 is 0 Å². The average Bonchev–Trinajstić information content (AvgIpc) is 3.07. The lowest BCUT2D eigenvalue weighted by Crippen LogP contribution is -2.20. The van der Waals surface area contributed by atoms with Crippen molar-refractivity contribution in [2.24, 2.45) is 0 Å². The molecule has 0 unspecified atom stereocenters. The van der Waals surface area contributed by atoms with Crippen LogP contribution >= 0.6 is 12.4 Å². The SMILES string of the molecule is CN(Cc1n[nH]c2c1CCCCC2)c1ncc2cn[nH]c2n1.Cl. The van der Waals surface area contributed by atoms with E-state index in [2.05, 4.69) is 30.4 Å². The van der Waals surface area contributed by atoms with Crippen LogP contribution in [0.4, 0.5) is 5.95 Å². The number of nitrogens with one attached hydrogen (secondary N) is 2. The summed E-state index contributed by atoms with van der Waals surface area (Å²) < 4.78 is 0. The Morgan fingerprint density at radius 3 is 2.91 bits per heavy atom. The molecular weight excluding hydrogens is 314 g/mol. The summed E-state index contributed by atoms with van der Waals surface area (Å²) in [6.45, 7) is 0.714. The zero-order valence-corrected chi connectivity index (χ0v) is 13.9. The molecule has 2 N–H and O–H groups in total. The predicted octanol–water partition coefficient (Wildman–Crippen LogP) is 2.40. The normalized spacial score (nSPS) is 14.1. The molecule has 0 fully saturated rings. The highest BCUT2D eigenvalue weighted by molar-refractivity contribution is 5.85. The zero-order chi connectivity index (χ0) is 14.9. The Kier molecular flexibility index (Phi) is 4.47. The van der Waals surface area contributed by atoms with Gasteiger partial charge < -0.3 is 4.90 Å². The molecule has 0 radical (unpaired) electrons. The lowest BCUT2D eigenvalue weighted by atomic mass is 10.1. The molecule has 0 atom stereocenters. The van der Waals surface area contributed by atoms with E-state index in [9.17, 15) is 0 Å². The summed E-state index contributed by atoms with van der Waals surface area (Å²) in [6.07, 6.45) is 9.56. The number of halogens is 1.